The Morgan fingerprint density at radius 3 is 2.38 bits per heavy atom. The maximum Gasteiger partial charge on any atom is 0.416 e. The van der Waals surface area contributed by atoms with Gasteiger partial charge in [-0.25, -0.2) is 0 Å². The summed E-state index contributed by atoms with van der Waals surface area (Å²) < 4.78 is 38.7. The number of aromatic nitrogens is 1. The fourth-order valence-electron chi connectivity index (χ4n) is 3.17. The Labute approximate surface area is 182 Å². The number of para-hydroxylation sites is 1. The highest BCUT2D eigenvalue weighted by atomic mass is 19.4. The molecule has 7 nitrogen and oxygen atoms in total. The summed E-state index contributed by atoms with van der Waals surface area (Å²) in [4.78, 5) is 28.7. The Morgan fingerprint density at radius 1 is 1.12 bits per heavy atom. The number of hydrogen-bond donors (Lipinski definition) is 2. The van der Waals surface area contributed by atoms with E-state index in [0.717, 1.165) is 12.1 Å². The summed E-state index contributed by atoms with van der Waals surface area (Å²) in [7, 11) is 3.70. The van der Waals surface area contributed by atoms with Crippen LogP contribution in [0.25, 0.3) is 22.5 Å². The van der Waals surface area contributed by atoms with Crippen LogP contribution in [0.15, 0.2) is 54.6 Å². The van der Waals surface area contributed by atoms with Crippen LogP contribution in [0.5, 0.6) is 0 Å². The molecule has 10 heteroatoms. The Kier molecular flexibility index (Phi) is 6.64. The van der Waals surface area contributed by atoms with Gasteiger partial charge < -0.3 is 15.2 Å². The molecular formula is C22H21F3N4O3. The van der Waals surface area contributed by atoms with Crippen LogP contribution >= 0.6 is 0 Å². The first-order valence-electron chi connectivity index (χ1n) is 9.65. The highest BCUT2D eigenvalue weighted by molar-refractivity contribution is 6.02. The molecule has 2 N–H and O–H groups in total. The van der Waals surface area contributed by atoms with E-state index in [2.05, 4.69) is 10.3 Å². The number of nitrogens with zero attached hydrogens (tertiary/aromatic N) is 2. The van der Waals surface area contributed by atoms with Crippen LogP contribution in [0.1, 0.15) is 15.9 Å². The summed E-state index contributed by atoms with van der Waals surface area (Å²) in [5.41, 5.74) is 0.356. The molecule has 1 amide bonds. The number of aromatic amines is 1. The van der Waals surface area contributed by atoms with Crippen molar-refractivity contribution >= 4 is 11.6 Å². The number of carbonyl (C=O) groups excluding carboxylic acids is 1. The van der Waals surface area contributed by atoms with E-state index in [-0.39, 0.29) is 22.5 Å². The number of nitro benzene ring substituents is 1. The van der Waals surface area contributed by atoms with Crippen molar-refractivity contribution in [2.45, 2.75) is 6.18 Å². The van der Waals surface area contributed by atoms with Crippen molar-refractivity contribution in [3.8, 4) is 22.5 Å². The SMILES string of the molecule is CN(C)CCNC(=O)c1cc(-c2ccc(C(F)(F)F)cc2)[nH]c1-c1ccccc1[N+](=O)[O-]. The number of alkyl halides is 3. The number of carbonyl (C=O) groups is 1. The van der Waals surface area contributed by atoms with Crippen LogP contribution in [0.2, 0.25) is 0 Å². The van der Waals surface area contributed by atoms with Gasteiger partial charge in [0.2, 0.25) is 0 Å². The molecule has 0 bridgehead atoms. The maximum atomic E-state index is 12.9. The van der Waals surface area contributed by atoms with E-state index in [4.69, 9.17) is 0 Å². The summed E-state index contributed by atoms with van der Waals surface area (Å²) in [6.45, 7) is 0.936. The summed E-state index contributed by atoms with van der Waals surface area (Å²) in [5.74, 6) is -0.450. The number of amides is 1. The average Bonchev–Trinajstić information content (AvgIpc) is 3.18. The van der Waals surface area contributed by atoms with E-state index >= 15 is 0 Å². The standard InChI is InChI=1S/C22H21F3N4O3/c1-28(2)12-11-26-21(30)17-13-18(14-7-9-15(10-8-14)22(23,24)25)27-20(17)16-5-3-4-6-19(16)29(31)32/h3-10,13,27H,11-12H2,1-2H3,(H,26,30). The third-order valence-corrected chi connectivity index (χ3v) is 4.80. The van der Waals surface area contributed by atoms with E-state index in [1.165, 1.54) is 36.4 Å². The number of halogens is 3. The van der Waals surface area contributed by atoms with Crippen LogP contribution in [-0.4, -0.2) is 47.9 Å². The maximum absolute atomic E-state index is 12.9. The second-order valence-corrected chi connectivity index (χ2v) is 7.38. The monoisotopic (exact) mass is 446 g/mol. The Morgan fingerprint density at radius 2 is 1.78 bits per heavy atom. The van der Waals surface area contributed by atoms with Crippen LogP contribution < -0.4 is 5.32 Å². The zero-order valence-electron chi connectivity index (χ0n) is 17.4. The van der Waals surface area contributed by atoms with Gasteiger partial charge in [0.15, 0.2) is 0 Å². The number of hydrogen-bond acceptors (Lipinski definition) is 4. The fourth-order valence-corrected chi connectivity index (χ4v) is 3.17. The number of nitrogens with one attached hydrogen (secondary N) is 2. The fraction of sp³-hybridized carbons (Fsp3) is 0.227. The molecule has 2 aromatic carbocycles. The van der Waals surface area contributed by atoms with Gasteiger partial charge in [-0.3, -0.25) is 14.9 Å². The lowest BCUT2D eigenvalue weighted by Crippen LogP contribution is -2.31. The van der Waals surface area contributed by atoms with Crippen molar-refractivity contribution in [1.29, 1.82) is 0 Å². The molecule has 168 valence electrons. The minimum atomic E-state index is -4.47. The number of rotatable bonds is 7. The molecule has 1 aromatic heterocycles. The first-order valence-corrected chi connectivity index (χ1v) is 9.65. The zero-order valence-corrected chi connectivity index (χ0v) is 17.4. The second kappa shape index (κ2) is 9.23. The lowest BCUT2D eigenvalue weighted by molar-refractivity contribution is -0.384. The first kappa shape index (κ1) is 23.0. The number of likely N-dealkylation sites (N-methyl/N-ethyl adjacent to an activating group) is 1. The van der Waals surface area contributed by atoms with Gasteiger partial charge in [0.1, 0.15) is 0 Å². The van der Waals surface area contributed by atoms with Crippen molar-refractivity contribution in [1.82, 2.24) is 15.2 Å². The molecule has 0 radical (unpaired) electrons. The molecule has 32 heavy (non-hydrogen) atoms. The van der Waals surface area contributed by atoms with Crippen LogP contribution in [0.3, 0.4) is 0 Å². The minimum Gasteiger partial charge on any atom is -0.354 e. The Hall–Kier alpha value is -3.66. The summed E-state index contributed by atoms with van der Waals surface area (Å²) in [6, 6.07) is 11.9. The summed E-state index contributed by atoms with van der Waals surface area (Å²) in [5, 5.41) is 14.3. The lowest BCUT2D eigenvalue weighted by atomic mass is 10.0. The molecule has 0 saturated carbocycles. The smallest absolute Gasteiger partial charge is 0.354 e. The van der Waals surface area contributed by atoms with Gasteiger partial charge in [-0.15, -0.1) is 0 Å². The molecule has 0 aliphatic carbocycles. The number of benzene rings is 2. The van der Waals surface area contributed by atoms with Gasteiger partial charge in [-0.05, 0) is 43.9 Å². The molecule has 3 aromatic rings. The van der Waals surface area contributed by atoms with Crippen LogP contribution in [0.4, 0.5) is 18.9 Å². The third kappa shape index (κ3) is 5.14. The number of nitro groups is 1. The topological polar surface area (TPSA) is 91.3 Å². The lowest BCUT2D eigenvalue weighted by Gasteiger charge is -2.10. The third-order valence-electron chi connectivity index (χ3n) is 4.80. The largest absolute Gasteiger partial charge is 0.416 e. The van der Waals surface area contributed by atoms with Gasteiger partial charge in [0.25, 0.3) is 11.6 Å². The average molecular weight is 446 g/mol. The molecule has 0 atom stereocenters. The molecule has 3 rings (SSSR count). The van der Waals surface area contributed by atoms with Gasteiger partial charge in [-0.2, -0.15) is 13.2 Å². The van der Waals surface area contributed by atoms with Crippen LogP contribution in [-0.2, 0) is 6.18 Å². The predicted octanol–water partition coefficient (Wildman–Crippen LogP) is 4.57. The Balaban J connectivity index is 2.06. The van der Waals surface area contributed by atoms with E-state index in [9.17, 15) is 28.1 Å². The van der Waals surface area contributed by atoms with Gasteiger partial charge >= 0.3 is 6.18 Å². The molecule has 0 saturated heterocycles. The van der Waals surface area contributed by atoms with E-state index < -0.39 is 22.6 Å². The van der Waals surface area contributed by atoms with Gasteiger partial charge in [-0.1, -0.05) is 24.3 Å². The summed E-state index contributed by atoms with van der Waals surface area (Å²) >= 11 is 0. The molecular weight excluding hydrogens is 425 g/mol. The van der Waals surface area contributed by atoms with Crippen molar-refractivity contribution in [3.05, 3.63) is 75.8 Å². The van der Waals surface area contributed by atoms with E-state index in [0.29, 0.717) is 24.3 Å². The van der Waals surface area contributed by atoms with Crippen molar-refractivity contribution in [3.63, 3.8) is 0 Å². The van der Waals surface area contributed by atoms with Crippen LogP contribution in [0, 0.1) is 10.1 Å². The minimum absolute atomic E-state index is 0.160. The van der Waals surface area contributed by atoms with Gasteiger partial charge in [0.05, 0.1) is 27.3 Å². The van der Waals surface area contributed by atoms with Crippen molar-refractivity contribution in [2.75, 3.05) is 27.2 Å². The van der Waals surface area contributed by atoms with Crippen molar-refractivity contribution < 1.29 is 22.9 Å². The highest BCUT2D eigenvalue weighted by Gasteiger charge is 2.30. The van der Waals surface area contributed by atoms with Gasteiger partial charge in [0, 0.05) is 24.8 Å². The summed E-state index contributed by atoms with van der Waals surface area (Å²) in [6.07, 6.45) is -4.47. The van der Waals surface area contributed by atoms with E-state index in [1.807, 2.05) is 19.0 Å². The van der Waals surface area contributed by atoms with E-state index in [1.54, 1.807) is 6.07 Å². The highest BCUT2D eigenvalue weighted by Crippen LogP contribution is 2.35. The Bertz CT molecular complexity index is 1120. The molecule has 0 aliphatic heterocycles. The zero-order chi connectivity index (χ0) is 23.5. The molecule has 0 spiro atoms. The molecule has 0 fully saturated rings. The van der Waals surface area contributed by atoms with Crippen molar-refractivity contribution in [2.24, 2.45) is 0 Å². The quantitative estimate of drug-likeness (QED) is 0.411. The number of H-pyrrole nitrogens is 1. The molecule has 0 aliphatic rings. The normalized spacial score (nSPS) is 11.6. The predicted molar refractivity (Wildman–Crippen MR) is 114 cm³/mol. The molecule has 0 unspecified atom stereocenters. The second-order valence-electron chi connectivity index (χ2n) is 7.38. The molecule has 1 heterocycles. The first-order chi connectivity index (χ1) is 15.1.